The molecule has 0 bridgehead atoms. The molecule has 0 aromatic heterocycles. The van der Waals surface area contributed by atoms with Crippen molar-refractivity contribution in [3.8, 4) is 11.1 Å². The van der Waals surface area contributed by atoms with E-state index in [-0.39, 0.29) is 43.4 Å². The fourth-order valence-electron chi connectivity index (χ4n) is 4.23. The Bertz CT molecular complexity index is 958. The zero-order chi connectivity index (χ0) is 24.0. The van der Waals surface area contributed by atoms with Gasteiger partial charge in [0.1, 0.15) is 13.2 Å². The summed E-state index contributed by atoms with van der Waals surface area (Å²) >= 11 is 0. The second kappa shape index (κ2) is 11.0. The Morgan fingerprint density at radius 3 is 2.12 bits per heavy atom. The van der Waals surface area contributed by atoms with Crippen molar-refractivity contribution < 1.29 is 24.2 Å². The topological polar surface area (TPSA) is 95.9 Å². The smallest absolute Gasteiger partial charge is 0.407 e. The molecule has 0 saturated carbocycles. The Kier molecular flexibility index (Phi) is 8.09. The number of hydrogen-bond donors (Lipinski definition) is 2. The first-order valence-corrected chi connectivity index (χ1v) is 11.4. The van der Waals surface area contributed by atoms with E-state index < -0.39 is 12.1 Å². The molecule has 33 heavy (non-hydrogen) atoms. The Morgan fingerprint density at radius 2 is 1.58 bits per heavy atom. The Balaban J connectivity index is 1.45. The van der Waals surface area contributed by atoms with Gasteiger partial charge in [-0.05, 0) is 48.4 Å². The molecule has 7 nitrogen and oxygen atoms in total. The van der Waals surface area contributed by atoms with Crippen LogP contribution in [0.4, 0.5) is 4.79 Å². The standard InChI is InChI=1S/C26H32N2O5/c1-17(2)28(15-25(30)31)24(29)13-12-18(3)14-27-26(32)33-16-23-21-10-6-4-8-19(21)20-9-5-7-11-22(20)23/h4-11,17-18,23H,12-16H2,1-3H3,(H,27,32)(H,30,31). The lowest BCUT2D eigenvalue weighted by Gasteiger charge is -2.25. The molecule has 1 aliphatic rings. The molecule has 0 radical (unpaired) electrons. The summed E-state index contributed by atoms with van der Waals surface area (Å²) in [6, 6.07) is 16.2. The van der Waals surface area contributed by atoms with Gasteiger partial charge in [0.25, 0.3) is 0 Å². The number of carbonyl (C=O) groups is 3. The zero-order valence-corrected chi connectivity index (χ0v) is 19.4. The van der Waals surface area contributed by atoms with E-state index in [1.54, 1.807) is 13.8 Å². The Hall–Kier alpha value is -3.35. The molecule has 2 amide bonds. The van der Waals surface area contributed by atoms with Gasteiger partial charge >= 0.3 is 12.1 Å². The van der Waals surface area contributed by atoms with Crippen molar-refractivity contribution >= 4 is 18.0 Å². The number of alkyl carbamates (subject to hydrolysis) is 1. The lowest BCUT2D eigenvalue weighted by molar-refractivity contribution is -0.145. The Labute approximate surface area is 194 Å². The van der Waals surface area contributed by atoms with Crippen LogP contribution in [-0.2, 0) is 14.3 Å². The highest BCUT2D eigenvalue weighted by Gasteiger charge is 2.29. The summed E-state index contributed by atoms with van der Waals surface area (Å²) in [6.07, 6.45) is 0.300. The van der Waals surface area contributed by atoms with E-state index in [1.807, 2.05) is 31.2 Å². The van der Waals surface area contributed by atoms with E-state index in [0.29, 0.717) is 13.0 Å². The third-order valence-electron chi connectivity index (χ3n) is 6.04. The highest BCUT2D eigenvalue weighted by atomic mass is 16.5. The highest BCUT2D eigenvalue weighted by Crippen LogP contribution is 2.44. The number of carbonyl (C=O) groups excluding carboxylic acids is 2. The van der Waals surface area contributed by atoms with E-state index in [0.717, 1.165) is 11.1 Å². The minimum Gasteiger partial charge on any atom is -0.480 e. The Morgan fingerprint density at radius 1 is 1.00 bits per heavy atom. The van der Waals surface area contributed by atoms with Crippen molar-refractivity contribution in [2.45, 2.75) is 45.6 Å². The summed E-state index contributed by atoms with van der Waals surface area (Å²) in [5, 5.41) is 11.8. The van der Waals surface area contributed by atoms with Gasteiger partial charge in [0.05, 0.1) is 0 Å². The number of rotatable bonds is 10. The number of fused-ring (bicyclic) bond motifs is 3. The van der Waals surface area contributed by atoms with Crippen molar-refractivity contribution in [3.05, 3.63) is 59.7 Å². The van der Waals surface area contributed by atoms with Crippen molar-refractivity contribution in [1.82, 2.24) is 10.2 Å². The summed E-state index contributed by atoms with van der Waals surface area (Å²) in [5.41, 5.74) is 4.68. The number of ether oxygens (including phenoxy) is 1. The third kappa shape index (κ3) is 6.12. The van der Waals surface area contributed by atoms with Gasteiger partial charge in [-0.15, -0.1) is 0 Å². The number of benzene rings is 2. The lowest BCUT2D eigenvalue weighted by Crippen LogP contribution is -2.40. The lowest BCUT2D eigenvalue weighted by atomic mass is 9.98. The van der Waals surface area contributed by atoms with Gasteiger partial charge in [0, 0.05) is 24.9 Å². The molecule has 0 spiro atoms. The SMILES string of the molecule is CC(CCC(=O)N(CC(=O)O)C(C)C)CNC(=O)OCC1c2ccccc2-c2ccccc21. The normalized spacial score (nSPS) is 13.2. The van der Waals surface area contributed by atoms with Crippen LogP contribution >= 0.6 is 0 Å². The fourth-order valence-corrected chi connectivity index (χ4v) is 4.23. The van der Waals surface area contributed by atoms with Gasteiger partial charge in [-0.3, -0.25) is 9.59 Å². The second-order valence-corrected chi connectivity index (χ2v) is 8.86. The van der Waals surface area contributed by atoms with Crippen LogP contribution in [0.3, 0.4) is 0 Å². The van der Waals surface area contributed by atoms with Gasteiger partial charge < -0.3 is 20.1 Å². The molecule has 176 valence electrons. The van der Waals surface area contributed by atoms with Crippen LogP contribution in [0, 0.1) is 5.92 Å². The molecule has 2 aromatic carbocycles. The number of hydrogen-bond acceptors (Lipinski definition) is 4. The first kappa shape index (κ1) is 24.3. The van der Waals surface area contributed by atoms with Crippen LogP contribution in [-0.4, -0.2) is 53.7 Å². The van der Waals surface area contributed by atoms with E-state index in [4.69, 9.17) is 9.84 Å². The maximum absolute atomic E-state index is 12.4. The van der Waals surface area contributed by atoms with Crippen molar-refractivity contribution in [2.24, 2.45) is 5.92 Å². The summed E-state index contributed by atoms with van der Waals surface area (Å²) in [4.78, 5) is 37.0. The molecule has 2 N–H and O–H groups in total. The predicted octanol–water partition coefficient (Wildman–Crippen LogP) is 4.26. The average Bonchev–Trinajstić information content (AvgIpc) is 3.11. The van der Waals surface area contributed by atoms with E-state index in [9.17, 15) is 14.4 Å². The number of nitrogens with one attached hydrogen (secondary N) is 1. The van der Waals surface area contributed by atoms with Gasteiger partial charge in [-0.25, -0.2) is 4.79 Å². The van der Waals surface area contributed by atoms with Gasteiger partial charge in [0.2, 0.25) is 5.91 Å². The van der Waals surface area contributed by atoms with E-state index in [2.05, 4.69) is 29.6 Å². The minimum absolute atomic E-state index is 0.00875. The number of amides is 2. The van der Waals surface area contributed by atoms with Crippen LogP contribution in [0.15, 0.2) is 48.5 Å². The number of carboxylic acids is 1. The first-order valence-electron chi connectivity index (χ1n) is 11.4. The molecule has 0 heterocycles. The second-order valence-electron chi connectivity index (χ2n) is 8.86. The van der Waals surface area contributed by atoms with E-state index in [1.165, 1.54) is 16.0 Å². The molecule has 2 aromatic rings. The van der Waals surface area contributed by atoms with Crippen molar-refractivity contribution in [3.63, 3.8) is 0 Å². The number of nitrogens with zero attached hydrogens (tertiary/aromatic N) is 1. The number of carboxylic acid groups (broad SMARTS) is 1. The minimum atomic E-state index is -1.03. The van der Waals surface area contributed by atoms with Crippen LogP contribution in [0.25, 0.3) is 11.1 Å². The van der Waals surface area contributed by atoms with Gasteiger partial charge in [-0.1, -0.05) is 55.5 Å². The molecule has 0 aliphatic heterocycles. The summed E-state index contributed by atoms with van der Waals surface area (Å²) in [6.45, 7) is 5.86. The molecular formula is C26H32N2O5. The van der Waals surface area contributed by atoms with Crippen molar-refractivity contribution in [1.29, 1.82) is 0 Å². The highest BCUT2D eigenvalue weighted by molar-refractivity contribution is 5.81. The summed E-state index contributed by atoms with van der Waals surface area (Å²) < 4.78 is 5.54. The maximum Gasteiger partial charge on any atom is 0.407 e. The van der Waals surface area contributed by atoms with Crippen molar-refractivity contribution in [2.75, 3.05) is 19.7 Å². The zero-order valence-electron chi connectivity index (χ0n) is 19.4. The van der Waals surface area contributed by atoms with Gasteiger partial charge in [0.15, 0.2) is 0 Å². The maximum atomic E-state index is 12.4. The van der Waals surface area contributed by atoms with Crippen LogP contribution in [0.5, 0.6) is 0 Å². The van der Waals surface area contributed by atoms with E-state index >= 15 is 0 Å². The molecule has 3 rings (SSSR count). The van der Waals surface area contributed by atoms with Crippen LogP contribution in [0.2, 0.25) is 0 Å². The number of aliphatic carboxylic acids is 1. The molecule has 0 saturated heterocycles. The summed E-state index contributed by atoms with van der Waals surface area (Å²) in [5.74, 6) is -1.16. The quantitative estimate of drug-likeness (QED) is 0.561. The monoisotopic (exact) mass is 452 g/mol. The molecule has 7 heteroatoms. The first-order chi connectivity index (χ1) is 15.8. The van der Waals surface area contributed by atoms with Crippen LogP contribution < -0.4 is 5.32 Å². The molecule has 1 unspecified atom stereocenters. The predicted molar refractivity (Wildman–Crippen MR) is 126 cm³/mol. The molecule has 0 fully saturated rings. The largest absolute Gasteiger partial charge is 0.480 e. The molecule has 1 aliphatic carbocycles. The van der Waals surface area contributed by atoms with Crippen LogP contribution in [0.1, 0.15) is 50.7 Å². The molecular weight excluding hydrogens is 420 g/mol. The fraction of sp³-hybridized carbons (Fsp3) is 0.423. The average molecular weight is 453 g/mol. The van der Waals surface area contributed by atoms with Gasteiger partial charge in [-0.2, -0.15) is 0 Å². The summed E-state index contributed by atoms with van der Waals surface area (Å²) in [7, 11) is 0. The molecule has 1 atom stereocenters. The third-order valence-corrected chi connectivity index (χ3v) is 6.04.